The number of aryl methyl sites for hydroxylation is 2. The summed E-state index contributed by atoms with van der Waals surface area (Å²) in [6.07, 6.45) is 0.771. The lowest BCUT2D eigenvalue weighted by atomic mass is 10.0. The van der Waals surface area contributed by atoms with Crippen molar-refractivity contribution in [3.05, 3.63) is 80.9 Å². The average Bonchev–Trinajstić information content (AvgIpc) is 3.32. The van der Waals surface area contributed by atoms with Gasteiger partial charge in [-0.3, -0.25) is 9.69 Å². The van der Waals surface area contributed by atoms with Gasteiger partial charge in [0, 0.05) is 36.7 Å². The second kappa shape index (κ2) is 11.5. The van der Waals surface area contributed by atoms with E-state index in [1.54, 1.807) is 18.9 Å². The van der Waals surface area contributed by atoms with Crippen molar-refractivity contribution in [2.75, 3.05) is 20.8 Å². The molecule has 0 bridgehead atoms. The van der Waals surface area contributed by atoms with E-state index in [1.807, 2.05) is 43.3 Å². The van der Waals surface area contributed by atoms with Crippen LogP contribution in [0.2, 0.25) is 0 Å². The molecular formula is C27H34N6O3. The molecule has 0 radical (unpaired) electrons. The summed E-state index contributed by atoms with van der Waals surface area (Å²) in [4.78, 5) is 18.5. The molecule has 4 rings (SSSR count). The monoisotopic (exact) mass is 490 g/mol. The highest BCUT2D eigenvalue weighted by atomic mass is 16.5. The van der Waals surface area contributed by atoms with Gasteiger partial charge in [-0.1, -0.05) is 25.1 Å². The third-order valence-corrected chi connectivity index (χ3v) is 6.50. The summed E-state index contributed by atoms with van der Waals surface area (Å²) < 4.78 is 12.4. The van der Waals surface area contributed by atoms with E-state index >= 15 is 0 Å². The van der Waals surface area contributed by atoms with Gasteiger partial charge in [0.25, 0.3) is 5.56 Å². The lowest BCUT2D eigenvalue weighted by Gasteiger charge is -2.30. The fourth-order valence-corrected chi connectivity index (χ4v) is 4.69. The number of aromatic amines is 1. The van der Waals surface area contributed by atoms with Crippen LogP contribution in [0.5, 0.6) is 5.75 Å². The number of methoxy groups -OCH3 is 2. The van der Waals surface area contributed by atoms with Crippen LogP contribution in [-0.2, 0) is 24.4 Å². The molecule has 0 aliphatic rings. The number of ether oxygens (including phenoxy) is 2. The lowest BCUT2D eigenvalue weighted by Crippen LogP contribution is -2.32. The minimum atomic E-state index is -0.104. The zero-order valence-corrected chi connectivity index (χ0v) is 21.6. The minimum Gasteiger partial charge on any atom is -0.497 e. The van der Waals surface area contributed by atoms with Gasteiger partial charge in [0.15, 0.2) is 5.82 Å². The first-order chi connectivity index (χ1) is 17.4. The van der Waals surface area contributed by atoms with Crippen LogP contribution in [0.1, 0.15) is 47.5 Å². The molecule has 0 unspecified atom stereocenters. The minimum absolute atomic E-state index is 0.0824. The van der Waals surface area contributed by atoms with E-state index in [4.69, 9.17) is 9.47 Å². The molecule has 1 atom stereocenters. The number of rotatable bonds is 11. The van der Waals surface area contributed by atoms with E-state index in [1.165, 1.54) is 0 Å². The quantitative estimate of drug-likeness (QED) is 0.340. The Labute approximate surface area is 211 Å². The van der Waals surface area contributed by atoms with Crippen molar-refractivity contribution >= 4 is 10.9 Å². The number of aromatic nitrogens is 5. The maximum atomic E-state index is 13.2. The third-order valence-electron chi connectivity index (χ3n) is 6.50. The van der Waals surface area contributed by atoms with Crippen molar-refractivity contribution in [3.63, 3.8) is 0 Å². The van der Waals surface area contributed by atoms with E-state index in [2.05, 4.69) is 45.3 Å². The molecule has 36 heavy (non-hydrogen) atoms. The highest BCUT2D eigenvalue weighted by molar-refractivity contribution is 5.83. The molecule has 1 N–H and O–H groups in total. The van der Waals surface area contributed by atoms with Crippen molar-refractivity contribution in [1.29, 1.82) is 0 Å². The van der Waals surface area contributed by atoms with Crippen molar-refractivity contribution in [1.82, 2.24) is 30.1 Å². The molecule has 0 saturated carbocycles. The molecule has 2 aromatic heterocycles. The molecule has 4 aromatic rings. The fraction of sp³-hybridized carbons (Fsp3) is 0.407. The molecule has 9 heteroatoms. The number of nitrogens with zero attached hydrogens (tertiary/aromatic N) is 5. The van der Waals surface area contributed by atoms with Crippen LogP contribution in [0.4, 0.5) is 0 Å². The SMILES string of the molecule is CC[C@@H](c1nnnn1CCOC)N(Cc1ccc(OC)cc1)Cc1cc2c(C)cc(C)cc2[nH]c1=O. The zero-order chi connectivity index (χ0) is 25.7. The van der Waals surface area contributed by atoms with Crippen LogP contribution in [-0.4, -0.2) is 50.9 Å². The summed E-state index contributed by atoms with van der Waals surface area (Å²) in [7, 11) is 3.32. The molecule has 0 spiro atoms. The summed E-state index contributed by atoms with van der Waals surface area (Å²) in [6.45, 7) is 8.35. The van der Waals surface area contributed by atoms with E-state index in [9.17, 15) is 4.79 Å². The van der Waals surface area contributed by atoms with Gasteiger partial charge >= 0.3 is 0 Å². The second-order valence-electron chi connectivity index (χ2n) is 9.10. The Morgan fingerprint density at radius 3 is 2.56 bits per heavy atom. The van der Waals surface area contributed by atoms with E-state index in [-0.39, 0.29) is 11.6 Å². The fourth-order valence-electron chi connectivity index (χ4n) is 4.69. The van der Waals surface area contributed by atoms with Crippen LogP contribution >= 0.6 is 0 Å². The molecule has 190 valence electrons. The standard InChI is InChI=1S/C27H34N6O3/c1-6-25(26-29-30-31-33(26)11-12-35-4)32(16-20-7-9-22(36-5)10-8-20)17-21-15-23-19(3)13-18(2)14-24(23)28-27(21)34/h7-10,13-15,25H,6,11-12,16-17H2,1-5H3,(H,28,34)/t25-/m0/s1. The first-order valence-electron chi connectivity index (χ1n) is 12.2. The summed E-state index contributed by atoms with van der Waals surface area (Å²) >= 11 is 0. The van der Waals surface area contributed by atoms with Gasteiger partial charge in [-0.15, -0.1) is 5.10 Å². The first kappa shape index (κ1) is 25.5. The van der Waals surface area contributed by atoms with Crippen LogP contribution in [0.15, 0.2) is 47.3 Å². The Morgan fingerprint density at radius 2 is 1.86 bits per heavy atom. The third kappa shape index (κ3) is 5.63. The number of hydrogen-bond acceptors (Lipinski definition) is 7. The molecule has 2 aromatic carbocycles. The van der Waals surface area contributed by atoms with Gasteiger partial charge in [0.1, 0.15) is 5.75 Å². The number of H-pyrrole nitrogens is 1. The van der Waals surface area contributed by atoms with E-state index < -0.39 is 0 Å². The normalized spacial score (nSPS) is 12.4. The van der Waals surface area contributed by atoms with Gasteiger partial charge in [-0.2, -0.15) is 0 Å². The summed E-state index contributed by atoms with van der Waals surface area (Å²) in [6, 6.07) is 14.1. The predicted octanol–water partition coefficient (Wildman–Crippen LogP) is 3.94. The highest BCUT2D eigenvalue weighted by Crippen LogP contribution is 2.27. The van der Waals surface area contributed by atoms with Crippen LogP contribution in [0.25, 0.3) is 10.9 Å². The Kier molecular flexibility index (Phi) is 8.12. The van der Waals surface area contributed by atoms with Crippen molar-refractivity contribution in [2.45, 2.75) is 52.9 Å². The Hall–Kier alpha value is -3.56. The number of pyridine rings is 1. The predicted molar refractivity (Wildman–Crippen MR) is 139 cm³/mol. The summed E-state index contributed by atoms with van der Waals surface area (Å²) in [5.74, 6) is 1.56. The van der Waals surface area contributed by atoms with E-state index in [0.717, 1.165) is 45.6 Å². The lowest BCUT2D eigenvalue weighted by molar-refractivity contribution is 0.151. The number of tetrazole rings is 1. The van der Waals surface area contributed by atoms with Crippen LogP contribution < -0.4 is 10.3 Å². The molecule has 9 nitrogen and oxygen atoms in total. The van der Waals surface area contributed by atoms with Gasteiger partial charge < -0.3 is 14.5 Å². The topological polar surface area (TPSA) is 98.2 Å². The summed E-state index contributed by atoms with van der Waals surface area (Å²) in [5.41, 5.74) is 4.85. The Bertz CT molecular complexity index is 1360. The van der Waals surface area contributed by atoms with E-state index in [0.29, 0.717) is 31.8 Å². The van der Waals surface area contributed by atoms with Gasteiger partial charge in [0.2, 0.25) is 0 Å². The van der Waals surface area contributed by atoms with Crippen molar-refractivity contribution in [3.8, 4) is 5.75 Å². The van der Waals surface area contributed by atoms with Crippen molar-refractivity contribution in [2.24, 2.45) is 0 Å². The zero-order valence-electron chi connectivity index (χ0n) is 21.6. The molecule has 0 saturated heterocycles. The number of benzene rings is 2. The second-order valence-corrected chi connectivity index (χ2v) is 9.10. The van der Waals surface area contributed by atoms with Gasteiger partial charge in [0.05, 0.1) is 26.3 Å². The highest BCUT2D eigenvalue weighted by Gasteiger charge is 2.26. The number of nitrogens with one attached hydrogen (secondary N) is 1. The van der Waals surface area contributed by atoms with Crippen LogP contribution in [0.3, 0.4) is 0 Å². The Balaban J connectivity index is 1.74. The molecule has 0 amide bonds. The molecule has 2 heterocycles. The maximum Gasteiger partial charge on any atom is 0.252 e. The summed E-state index contributed by atoms with van der Waals surface area (Å²) in [5, 5.41) is 13.5. The number of fused-ring (bicyclic) bond motifs is 1. The number of hydrogen-bond donors (Lipinski definition) is 1. The first-order valence-corrected chi connectivity index (χ1v) is 12.2. The molecule has 0 aliphatic carbocycles. The smallest absolute Gasteiger partial charge is 0.252 e. The van der Waals surface area contributed by atoms with Gasteiger partial charge in [-0.25, -0.2) is 4.68 Å². The Morgan fingerprint density at radius 1 is 1.08 bits per heavy atom. The largest absolute Gasteiger partial charge is 0.497 e. The molecule has 0 aliphatic heterocycles. The maximum absolute atomic E-state index is 13.2. The van der Waals surface area contributed by atoms with Crippen LogP contribution in [0, 0.1) is 13.8 Å². The van der Waals surface area contributed by atoms with Crippen molar-refractivity contribution < 1.29 is 9.47 Å². The molecule has 0 fully saturated rings. The average molecular weight is 491 g/mol. The van der Waals surface area contributed by atoms with Gasteiger partial charge in [-0.05, 0) is 71.7 Å². The molecular weight excluding hydrogens is 456 g/mol.